The van der Waals surface area contributed by atoms with Crippen LogP contribution in [0, 0.1) is 0 Å². The lowest BCUT2D eigenvalue weighted by molar-refractivity contribution is 0.0244. The Hall–Kier alpha value is -0.300. The first-order valence-electron chi connectivity index (χ1n) is 3.51. The zero-order valence-electron chi connectivity index (χ0n) is 6.35. The van der Waals surface area contributed by atoms with Crippen LogP contribution in [0.2, 0.25) is 0 Å². The Balaban J connectivity index is 2.56. The molecule has 0 saturated carbocycles. The van der Waals surface area contributed by atoms with Crippen LogP contribution in [0.25, 0.3) is 0 Å². The second kappa shape index (κ2) is 2.53. The van der Waals surface area contributed by atoms with Crippen molar-refractivity contribution in [3.05, 3.63) is 11.6 Å². The van der Waals surface area contributed by atoms with E-state index in [1.54, 1.807) is 0 Å². The molecule has 1 aliphatic heterocycles. The zero-order valence-corrected chi connectivity index (χ0v) is 6.35. The fourth-order valence-electron chi connectivity index (χ4n) is 1.38. The van der Waals surface area contributed by atoms with Gasteiger partial charge in [0.05, 0.1) is 12.2 Å². The van der Waals surface area contributed by atoms with Gasteiger partial charge in [-0.15, -0.1) is 0 Å². The molecule has 9 heavy (non-hydrogen) atoms. The Kier molecular flexibility index (Phi) is 1.91. The van der Waals surface area contributed by atoms with E-state index in [4.69, 9.17) is 4.74 Å². The molecule has 2 atom stereocenters. The van der Waals surface area contributed by atoms with Gasteiger partial charge in [0, 0.05) is 0 Å². The molecule has 0 radical (unpaired) electrons. The van der Waals surface area contributed by atoms with Crippen molar-refractivity contribution in [2.75, 3.05) is 0 Å². The van der Waals surface area contributed by atoms with Crippen molar-refractivity contribution in [3.8, 4) is 0 Å². The van der Waals surface area contributed by atoms with Crippen LogP contribution in [-0.2, 0) is 4.74 Å². The van der Waals surface area contributed by atoms with E-state index in [2.05, 4.69) is 26.8 Å². The van der Waals surface area contributed by atoms with Crippen LogP contribution in [0.1, 0.15) is 27.2 Å². The van der Waals surface area contributed by atoms with Crippen LogP contribution >= 0.6 is 0 Å². The third-order valence-corrected chi connectivity index (χ3v) is 1.58. The third-order valence-electron chi connectivity index (χ3n) is 1.58. The monoisotopic (exact) mass is 126 g/mol. The van der Waals surface area contributed by atoms with Crippen LogP contribution in [-0.4, -0.2) is 12.2 Å². The molecule has 0 aromatic heterocycles. The molecule has 1 nitrogen and oxygen atoms in total. The number of ether oxygens (including phenoxy) is 1. The number of hydrogen-bond acceptors (Lipinski definition) is 1. The first-order valence-corrected chi connectivity index (χ1v) is 3.51. The van der Waals surface area contributed by atoms with Crippen LogP contribution in [0.15, 0.2) is 11.6 Å². The van der Waals surface area contributed by atoms with Crippen LogP contribution in [0.5, 0.6) is 0 Å². The summed E-state index contributed by atoms with van der Waals surface area (Å²) in [6.45, 7) is 6.36. The molecule has 1 aliphatic rings. The average molecular weight is 126 g/mol. The maximum Gasteiger partial charge on any atom is 0.0733 e. The van der Waals surface area contributed by atoms with Gasteiger partial charge >= 0.3 is 0 Å². The summed E-state index contributed by atoms with van der Waals surface area (Å²) in [5.74, 6) is 0. The van der Waals surface area contributed by atoms with Crippen LogP contribution < -0.4 is 0 Å². The van der Waals surface area contributed by atoms with Crippen molar-refractivity contribution >= 4 is 0 Å². The molecular weight excluding hydrogens is 112 g/mol. The minimum Gasteiger partial charge on any atom is -0.371 e. The molecule has 2 unspecified atom stereocenters. The second-order valence-corrected chi connectivity index (χ2v) is 2.87. The van der Waals surface area contributed by atoms with Crippen molar-refractivity contribution in [2.45, 2.75) is 39.4 Å². The first kappa shape index (κ1) is 6.81. The van der Waals surface area contributed by atoms with Crippen LogP contribution in [0.3, 0.4) is 0 Å². The smallest absolute Gasteiger partial charge is 0.0733 e. The zero-order chi connectivity index (χ0) is 6.85. The largest absolute Gasteiger partial charge is 0.371 e. The van der Waals surface area contributed by atoms with E-state index in [-0.39, 0.29) is 0 Å². The maximum absolute atomic E-state index is 5.48. The Morgan fingerprint density at radius 2 is 2.22 bits per heavy atom. The van der Waals surface area contributed by atoms with Crippen LogP contribution in [0.4, 0.5) is 0 Å². The van der Waals surface area contributed by atoms with E-state index >= 15 is 0 Å². The average Bonchev–Trinajstić information content (AvgIpc) is 1.59. The van der Waals surface area contributed by atoms with Crippen molar-refractivity contribution in [1.29, 1.82) is 0 Å². The quantitative estimate of drug-likeness (QED) is 0.452. The van der Waals surface area contributed by atoms with Gasteiger partial charge in [-0.3, -0.25) is 0 Å². The standard InChI is InChI=1S/C8H14O/c1-6-4-7(2)9-8(3)5-6/h4,7-8H,5H2,1-3H3. The molecule has 0 aliphatic carbocycles. The molecule has 0 N–H and O–H groups in total. The molecular formula is C8H14O. The van der Waals surface area contributed by atoms with Gasteiger partial charge in [0.1, 0.15) is 0 Å². The molecule has 52 valence electrons. The lowest BCUT2D eigenvalue weighted by Crippen LogP contribution is -2.20. The highest BCUT2D eigenvalue weighted by atomic mass is 16.5. The topological polar surface area (TPSA) is 9.23 Å². The minimum absolute atomic E-state index is 0.328. The van der Waals surface area contributed by atoms with Crippen molar-refractivity contribution in [3.63, 3.8) is 0 Å². The predicted octanol–water partition coefficient (Wildman–Crippen LogP) is 2.13. The van der Waals surface area contributed by atoms with Crippen molar-refractivity contribution in [2.24, 2.45) is 0 Å². The number of hydrogen-bond donors (Lipinski definition) is 0. The van der Waals surface area contributed by atoms with Crippen molar-refractivity contribution < 1.29 is 4.74 Å². The fourth-order valence-corrected chi connectivity index (χ4v) is 1.38. The molecule has 0 amide bonds. The first-order chi connectivity index (χ1) is 4.18. The van der Waals surface area contributed by atoms with E-state index in [0.29, 0.717) is 12.2 Å². The van der Waals surface area contributed by atoms with Gasteiger partial charge in [-0.2, -0.15) is 0 Å². The highest BCUT2D eigenvalue weighted by molar-refractivity contribution is 5.05. The molecule has 1 heterocycles. The predicted molar refractivity (Wildman–Crippen MR) is 38.4 cm³/mol. The van der Waals surface area contributed by atoms with Gasteiger partial charge in [0.15, 0.2) is 0 Å². The molecule has 0 aromatic rings. The molecule has 0 saturated heterocycles. The summed E-state index contributed by atoms with van der Waals surface area (Å²) in [5.41, 5.74) is 1.46. The summed E-state index contributed by atoms with van der Waals surface area (Å²) in [4.78, 5) is 0. The summed E-state index contributed by atoms with van der Waals surface area (Å²) >= 11 is 0. The lowest BCUT2D eigenvalue weighted by Gasteiger charge is -2.22. The van der Waals surface area contributed by atoms with Gasteiger partial charge in [0.25, 0.3) is 0 Å². The molecule has 0 spiro atoms. The molecule has 0 aromatic carbocycles. The Bertz CT molecular complexity index is 127. The number of rotatable bonds is 0. The van der Waals surface area contributed by atoms with Crippen molar-refractivity contribution in [1.82, 2.24) is 0 Å². The third kappa shape index (κ3) is 1.83. The minimum atomic E-state index is 0.328. The van der Waals surface area contributed by atoms with E-state index in [9.17, 15) is 0 Å². The van der Waals surface area contributed by atoms with E-state index in [1.807, 2.05) is 0 Å². The highest BCUT2D eigenvalue weighted by Gasteiger charge is 2.12. The summed E-state index contributed by atoms with van der Waals surface area (Å²) in [6.07, 6.45) is 4.03. The Morgan fingerprint density at radius 1 is 1.56 bits per heavy atom. The normalized spacial score (nSPS) is 36.1. The summed E-state index contributed by atoms with van der Waals surface area (Å²) < 4.78 is 5.48. The van der Waals surface area contributed by atoms with Gasteiger partial charge in [-0.05, 0) is 27.2 Å². The van der Waals surface area contributed by atoms with Gasteiger partial charge < -0.3 is 4.74 Å². The fraction of sp³-hybridized carbons (Fsp3) is 0.750. The van der Waals surface area contributed by atoms with E-state index < -0.39 is 0 Å². The molecule has 0 fully saturated rings. The summed E-state index contributed by atoms with van der Waals surface area (Å²) in [5, 5.41) is 0. The molecule has 1 heteroatoms. The second-order valence-electron chi connectivity index (χ2n) is 2.87. The van der Waals surface area contributed by atoms with E-state index in [0.717, 1.165) is 6.42 Å². The summed E-state index contributed by atoms with van der Waals surface area (Å²) in [7, 11) is 0. The lowest BCUT2D eigenvalue weighted by atomic mass is 10.1. The molecule has 1 rings (SSSR count). The van der Waals surface area contributed by atoms with Gasteiger partial charge in [-0.1, -0.05) is 11.6 Å². The summed E-state index contributed by atoms with van der Waals surface area (Å²) in [6, 6.07) is 0. The molecule has 0 bridgehead atoms. The van der Waals surface area contributed by atoms with Gasteiger partial charge in [-0.25, -0.2) is 0 Å². The maximum atomic E-state index is 5.48. The highest BCUT2D eigenvalue weighted by Crippen LogP contribution is 2.17. The Morgan fingerprint density at radius 3 is 2.67 bits per heavy atom. The van der Waals surface area contributed by atoms with E-state index in [1.165, 1.54) is 5.57 Å². The van der Waals surface area contributed by atoms with Gasteiger partial charge in [0.2, 0.25) is 0 Å². The Labute approximate surface area is 56.7 Å². The SMILES string of the molecule is CC1=CC(C)OC(C)C1.